The minimum Gasteiger partial charge on any atom is -0.160 e. The van der Waals surface area contributed by atoms with Gasteiger partial charge in [-0.1, -0.05) is 91.0 Å². The third kappa shape index (κ3) is 3.68. The molecule has 0 heterocycles. The van der Waals surface area contributed by atoms with Crippen LogP contribution in [0.2, 0.25) is 0 Å². The lowest BCUT2D eigenvalue weighted by molar-refractivity contribution is 1.26. The molecule has 0 saturated heterocycles. The third-order valence-corrected chi connectivity index (χ3v) is 8.71. The fraction of sp³-hybridized carbons (Fsp3) is 0.100. The molecular formula is C20H19ClSi. The Morgan fingerprint density at radius 2 is 0.909 bits per heavy atom. The van der Waals surface area contributed by atoms with E-state index in [0.717, 1.165) is 12.1 Å². The van der Waals surface area contributed by atoms with Gasteiger partial charge in [0.2, 0.25) is 0 Å². The smallest absolute Gasteiger partial charge is 0.160 e. The van der Waals surface area contributed by atoms with E-state index in [1.807, 2.05) is 0 Å². The van der Waals surface area contributed by atoms with E-state index in [-0.39, 0.29) is 0 Å². The van der Waals surface area contributed by atoms with Crippen molar-refractivity contribution in [1.82, 2.24) is 0 Å². The van der Waals surface area contributed by atoms with Crippen LogP contribution in [-0.2, 0) is 12.1 Å². The fourth-order valence-electron chi connectivity index (χ4n) is 2.84. The SMILES string of the molecule is Cl[Si](Cc1ccccc1)(Cc1ccccc1)c1ccccc1. The molecule has 0 aliphatic rings. The van der Waals surface area contributed by atoms with Crippen LogP contribution in [0, 0.1) is 0 Å². The molecule has 110 valence electrons. The maximum absolute atomic E-state index is 7.27. The maximum atomic E-state index is 7.27. The van der Waals surface area contributed by atoms with Crippen molar-refractivity contribution >= 4 is 23.6 Å². The van der Waals surface area contributed by atoms with Gasteiger partial charge >= 0.3 is 0 Å². The average Bonchev–Trinajstić information content (AvgIpc) is 2.57. The number of halogens is 1. The Balaban J connectivity index is 1.95. The van der Waals surface area contributed by atoms with Crippen molar-refractivity contribution in [3.8, 4) is 0 Å². The lowest BCUT2D eigenvalue weighted by Crippen LogP contribution is -2.47. The Bertz CT molecular complexity index is 654. The van der Waals surface area contributed by atoms with Gasteiger partial charge in [0, 0.05) is 0 Å². The average molecular weight is 323 g/mol. The third-order valence-electron chi connectivity index (χ3n) is 3.95. The lowest BCUT2D eigenvalue weighted by atomic mass is 10.2. The molecule has 0 amide bonds. The van der Waals surface area contributed by atoms with E-state index >= 15 is 0 Å². The predicted octanol–water partition coefficient (Wildman–Crippen LogP) is 4.64. The molecule has 0 N–H and O–H groups in total. The van der Waals surface area contributed by atoms with Crippen LogP contribution in [0.3, 0.4) is 0 Å². The van der Waals surface area contributed by atoms with Gasteiger partial charge in [0.1, 0.15) is 0 Å². The fourth-order valence-corrected chi connectivity index (χ4v) is 7.23. The summed E-state index contributed by atoms with van der Waals surface area (Å²) in [6.07, 6.45) is 0. The first-order valence-corrected chi connectivity index (χ1v) is 11.0. The van der Waals surface area contributed by atoms with Crippen LogP contribution in [0.1, 0.15) is 11.1 Å². The summed E-state index contributed by atoms with van der Waals surface area (Å²) in [4.78, 5) is 0. The largest absolute Gasteiger partial charge is 0.195 e. The zero-order valence-corrected chi connectivity index (χ0v) is 14.2. The van der Waals surface area contributed by atoms with Gasteiger partial charge in [-0.15, -0.1) is 0 Å². The summed E-state index contributed by atoms with van der Waals surface area (Å²) in [7, 11) is -2.13. The van der Waals surface area contributed by atoms with Crippen molar-refractivity contribution in [3.05, 3.63) is 102 Å². The predicted molar refractivity (Wildman–Crippen MR) is 98.0 cm³/mol. The summed E-state index contributed by atoms with van der Waals surface area (Å²) in [5, 5.41) is 1.31. The number of hydrogen-bond acceptors (Lipinski definition) is 0. The summed E-state index contributed by atoms with van der Waals surface area (Å²) >= 11 is 7.27. The summed E-state index contributed by atoms with van der Waals surface area (Å²) in [5.41, 5.74) is 2.65. The van der Waals surface area contributed by atoms with Gasteiger partial charge in [-0.05, 0) is 28.4 Å². The molecule has 0 aliphatic carbocycles. The number of hydrogen-bond donors (Lipinski definition) is 0. The van der Waals surface area contributed by atoms with E-state index in [0.29, 0.717) is 0 Å². The van der Waals surface area contributed by atoms with E-state index in [2.05, 4.69) is 91.0 Å². The van der Waals surface area contributed by atoms with Crippen LogP contribution in [0.4, 0.5) is 0 Å². The van der Waals surface area contributed by atoms with Crippen molar-refractivity contribution in [1.29, 1.82) is 0 Å². The van der Waals surface area contributed by atoms with Crippen molar-refractivity contribution in [2.45, 2.75) is 12.1 Å². The molecule has 0 saturated carbocycles. The summed E-state index contributed by atoms with van der Waals surface area (Å²) in [6.45, 7) is 0. The molecule has 3 rings (SSSR count). The Morgan fingerprint density at radius 1 is 0.545 bits per heavy atom. The standard InChI is InChI=1S/C20H19ClSi/c21-22(20-14-8-3-9-15-20,16-18-10-4-1-5-11-18)17-19-12-6-2-7-13-19/h1-15H,16-17H2. The molecule has 3 aromatic carbocycles. The Hall–Kier alpha value is -1.83. The molecule has 22 heavy (non-hydrogen) atoms. The Kier molecular flexibility index (Phi) is 4.76. The van der Waals surface area contributed by atoms with Crippen LogP contribution < -0.4 is 5.19 Å². The minimum atomic E-state index is -2.13. The van der Waals surface area contributed by atoms with Crippen LogP contribution in [-0.4, -0.2) is 7.38 Å². The van der Waals surface area contributed by atoms with E-state index in [1.54, 1.807) is 0 Å². The molecular weight excluding hydrogens is 304 g/mol. The molecule has 0 nitrogen and oxygen atoms in total. The van der Waals surface area contributed by atoms with Gasteiger partial charge in [-0.3, -0.25) is 0 Å². The van der Waals surface area contributed by atoms with Crippen LogP contribution in [0.25, 0.3) is 0 Å². The maximum Gasteiger partial charge on any atom is 0.195 e. The van der Waals surface area contributed by atoms with E-state index in [4.69, 9.17) is 11.1 Å². The molecule has 0 spiro atoms. The topological polar surface area (TPSA) is 0 Å². The van der Waals surface area contributed by atoms with E-state index < -0.39 is 7.38 Å². The molecule has 0 aromatic heterocycles. The molecule has 0 unspecified atom stereocenters. The first-order chi connectivity index (χ1) is 10.8. The van der Waals surface area contributed by atoms with Gasteiger partial charge < -0.3 is 0 Å². The monoisotopic (exact) mass is 322 g/mol. The molecule has 0 aliphatic heterocycles. The molecule has 2 heteroatoms. The second-order valence-electron chi connectivity index (χ2n) is 5.66. The van der Waals surface area contributed by atoms with Crippen molar-refractivity contribution in [2.75, 3.05) is 0 Å². The normalized spacial score (nSPS) is 11.3. The van der Waals surface area contributed by atoms with Gasteiger partial charge in [0.05, 0.1) is 0 Å². The van der Waals surface area contributed by atoms with E-state index in [9.17, 15) is 0 Å². The molecule has 0 bridgehead atoms. The van der Waals surface area contributed by atoms with Gasteiger partial charge in [-0.2, -0.15) is 11.1 Å². The van der Waals surface area contributed by atoms with Crippen LogP contribution in [0.15, 0.2) is 91.0 Å². The second-order valence-corrected chi connectivity index (χ2v) is 11.0. The second kappa shape index (κ2) is 6.95. The molecule has 3 aromatic rings. The summed E-state index contributed by atoms with van der Waals surface area (Å²) in [6, 6.07) is 33.7. The first-order valence-electron chi connectivity index (χ1n) is 7.59. The number of benzene rings is 3. The van der Waals surface area contributed by atoms with E-state index in [1.165, 1.54) is 16.3 Å². The summed E-state index contributed by atoms with van der Waals surface area (Å²) in [5.74, 6) is 0. The van der Waals surface area contributed by atoms with Gasteiger partial charge in [0.15, 0.2) is 7.38 Å². The Morgan fingerprint density at radius 3 is 1.32 bits per heavy atom. The zero-order valence-electron chi connectivity index (χ0n) is 12.5. The van der Waals surface area contributed by atoms with Crippen LogP contribution >= 0.6 is 11.1 Å². The summed E-state index contributed by atoms with van der Waals surface area (Å²) < 4.78 is 0. The molecule has 0 atom stereocenters. The minimum absolute atomic E-state index is 0.953. The highest BCUT2D eigenvalue weighted by atomic mass is 35.6. The Labute approximate surface area is 138 Å². The lowest BCUT2D eigenvalue weighted by Gasteiger charge is -2.25. The van der Waals surface area contributed by atoms with Crippen molar-refractivity contribution in [3.63, 3.8) is 0 Å². The van der Waals surface area contributed by atoms with Gasteiger partial charge in [-0.25, -0.2) is 0 Å². The molecule has 0 radical (unpaired) electrons. The zero-order chi connectivity index (χ0) is 15.3. The first kappa shape index (κ1) is 15.1. The number of rotatable bonds is 5. The molecule has 0 fully saturated rings. The van der Waals surface area contributed by atoms with Crippen molar-refractivity contribution < 1.29 is 0 Å². The van der Waals surface area contributed by atoms with Gasteiger partial charge in [0.25, 0.3) is 0 Å². The quantitative estimate of drug-likeness (QED) is 0.474. The van der Waals surface area contributed by atoms with Crippen LogP contribution in [0.5, 0.6) is 0 Å². The van der Waals surface area contributed by atoms with Crippen molar-refractivity contribution in [2.24, 2.45) is 0 Å². The highest BCUT2D eigenvalue weighted by molar-refractivity contribution is 7.26. The highest BCUT2D eigenvalue weighted by Crippen LogP contribution is 2.22. The highest BCUT2D eigenvalue weighted by Gasteiger charge is 2.33.